The van der Waals surface area contributed by atoms with E-state index in [0.29, 0.717) is 13.0 Å². The van der Waals surface area contributed by atoms with Crippen molar-refractivity contribution >= 4 is 23.2 Å². The fraction of sp³-hybridized carbons (Fsp3) is 0.600. The molecule has 0 radical (unpaired) electrons. The molecule has 0 bridgehead atoms. The summed E-state index contributed by atoms with van der Waals surface area (Å²) in [5.74, 6) is -1.50. The van der Waals surface area contributed by atoms with Crippen molar-refractivity contribution in [2.75, 3.05) is 26.2 Å². The first-order valence-corrected chi connectivity index (χ1v) is 8.29. The van der Waals surface area contributed by atoms with Gasteiger partial charge in [-0.05, 0) is 24.3 Å². The van der Waals surface area contributed by atoms with Gasteiger partial charge in [0.15, 0.2) is 0 Å². The van der Waals surface area contributed by atoms with E-state index >= 15 is 0 Å². The molecule has 2 fully saturated rings. The first kappa shape index (κ1) is 14.5. The number of nitrogens with zero attached hydrogens (tertiary/aromatic N) is 2. The van der Waals surface area contributed by atoms with E-state index in [2.05, 4.69) is 22.4 Å². The van der Waals surface area contributed by atoms with Crippen LogP contribution in [0.1, 0.15) is 17.7 Å². The predicted octanol–water partition coefficient (Wildman–Crippen LogP) is 1.50. The largest absolute Gasteiger partial charge is 0.481 e. The van der Waals surface area contributed by atoms with Crippen molar-refractivity contribution in [3.8, 4) is 0 Å². The van der Waals surface area contributed by atoms with Gasteiger partial charge in [-0.3, -0.25) is 14.5 Å². The number of aliphatic carboxylic acids is 1. The van der Waals surface area contributed by atoms with Crippen LogP contribution in [0.15, 0.2) is 17.5 Å². The highest BCUT2D eigenvalue weighted by atomic mass is 32.1. The van der Waals surface area contributed by atoms with Gasteiger partial charge in [0.25, 0.3) is 0 Å². The van der Waals surface area contributed by atoms with Gasteiger partial charge in [0.2, 0.25) is 5.91 Å². The average Bonchev–Trinajstić information content (AvgIpc) is 3.17. The Morgan fingerprint density at radius 1 is 1.24 bits per heavy atom. The Balaban J connectivity index is 1.51. The Morgan fingerprint density at radius 2 is 2.10 bits per heavy atom. The number of amides is 1. The molecule has 2 heterocycles. The number of thiophene rings is 1. The highest BCUT2D eigenvalue weighted by Gasteiger charge is 2.49. The Morgan fingerprint density at radius 3 is 2.76 bits per heavy atom. The highest BCUT2D eigenvalue weighted by Crippen LogP contribution is 2.40. The number of hydrogen-bond acceptors (Lipinski definition) is 4. The van der Waals surface area contributed by atoms with E-state index < -0.39 is 11.9 Å². The van der Waals surface area contributed by atoms with E-state index in [1.807, 2.05) is 4.90 Å². The topological polar surface area (TPSA) is 60.9 Å². The quantitative estimate of drug-likeness (QED) is 0.916. The molecule has 6 heteroatoms. The fourth-order valence-electron chi connectivity index (χ4n) is 2.95. The number of carboxylic acid groups (broad SMARTS) is 1. The molecular formula is C15H20N2O3S. The second-order valence-electron chi connectivity index (χ2n) is 5.82. The van der Waals surface area contributed by atoms with Gasteiger partial charge in [-0.25, -0.2) is 0 Å². The zero-order valence-electron chi connectivity index (χ0n) is 11.9. The summed E-state index contributed by atoms with van der Waals surface area (Å²) in [5.41, 5.74) is 0. The van der Waals surface area contributed by atoms with Crippen molar-refractivity contribution in [3.63, 3.8) is 0 Å². The summed E-state index contributed by atoms with van der Waals surface area (Å²) in [7, 11) is 0. The molecule has 1 amide bonds. The lowest BCUT2D eigenvalue weighted by molar-refractivity contribution is -0.141. The second kappa shape index (κ2) is 6.15. The molecule has 0 aromatic carbocycles. The molecule has 1 saturated heterocycles. The summed E-state index contributed by atoms with van der Waals surface area (Å²) >= 11 is 1.76. The molecule has 2 aliphatic rings. The lowest BCUT2D eigenvalue weighted by Crippen LogP contribution is -2.36. The van der Waals surface area contributed by atoms with E-state index in [1.165, 1.54) is 4.88 Å². The molecule has 3 rings (SSSR count). The molecule has 114 valence electrons. The SMILES string of the molecule is O=C(O)[C@H]1C[C@H]1C(=O)N1CCCN(Cc2cccs2)CC1. The minimum absolute atomic E-state index is 0.0420. The van der Waals surface area contributed by atoms with E-state index in [4.69, 9.17) is 5.11 Å². The van der Waals surface area contributed by atoms with Gasteiger partial charge >= 0.3 is 5.97 Å². The number of hydrogen-bond donors (Lipinski definition) is 1. The Bertz CT molecular complexity index is 517. The standard InChI is InChI=1S/C15H20N2O3S/c18-14(12-9-13(12)15(19)20)17-5-2-4-16(6-7-17)10-11-3-1-8-21-11/h1,3,8,12-13H,2,4-7,9-10H2,(H,19,20)/t12-,13+/m1/s1. The molecule has 21 heavy (non-hydrogen) atoms. The van der Waals surface area contributed by atoms with Crippen LogP contribution >= 0.6 is 11.3 Å². The molecule has 1 N–H and O–H groups in total. The van der Waals surface area contributed by atoms with Crippen molar-refractivity contribution in [1.82, 2.24) is 9.80 Å². The smallest absolute Gasteiger partial charge is 0.307 e. The summed E-state index contributed by atoms with van der Waals surface area (Å²) in [4.78, 5) is 28.8. The third-order valence-corrected chi connectivity index (χ3v) is 5.15. The van der Waals surface area contributed by atoms with Gasteiger partial charge in [0.1, 0.15) is 0 Å². The summed E-state index contributed by atoms with van der Waals surface area (Å²) in [5, 5.41) is 11.0. The minimum Gasteiger partial charge on any atom is -0.481 e. The highest BCUT2D eigenvalue weighted by molar-refractivity contribution is 7.09. The first-order chi connectivity index (χ1) is 10.1. The van der Waals surface area contributed by atoms with Gasteiger partial charge in [-0.2, -0.15) is 0 Å². The van der Waals surface area contributed by atoms with Crippen LogP contribution in [0.2, 0.25) is 0 Å². The number of carboxylic acids is 1. The molecule has 0 unspecified atom stereocenters. The van der Waals surface area contributed by atoms with Crippen LogP contribution in [0.4, 0.5) is 0 Å². The molecule has 1 aromatic rings. The first-order valence-electron chi connectivity index (χ1n) is 7.41. The van der Waals surface area contributed by atoms with Crippen LogP contribution in [0, 0.1) is 11.8 Å². The van der Waals surface area contributed by atoms with E-state index in [0.717, 1.165) is 32.6 Å². The maximum absolute atomic E-state index is 12.3. The summed E-state index contributed by atoms with van der Waals surface area (Å²) in [6.45, 7) is 4.28. The molecule has 1 aliphatic carbocycles. The maximum atomic E-state index is 12.3. The molecule has 1 saturated carbocycles. The monoisotopic (exact) mass is 308 g/mol. The summed E-state index contributed by atoms with van der Waals surface area (Å²) in [6.07, 6.45) is 1.48. The third-order valence-electron chi connectivity index (χ3n) is 4.28. The second-order valence-corrected chi connectivity index (χ2v) is 6.85. The molecule has 0 spiro atoms. The summed E-state index contributed by atoms with van der Waals surface area (Å²) in [6, 6.07) is 4.20. The minimum atomic E-state index is -0.831. The van der Waals surface area contributed by atoms with Gasteiger partial charge in [-0.15, -0.1) is 11.3 Å². The lowest BCUT2D eigenvalue weighted by Gasteiger charge is -2.21. The zero-order chi connectivity index (χ0) is 14.8. The van der Waals surface area contributed by atoms with E-state index in [-0.39, 0.29) is 11.8 Å². The molecular weight excluding hydrogens is 288 g/mol. The average molecular weight is 308 g/mol. The third kappa shape index (κ3) is 3.44. The Kier molecular flexibility index (Phi) is 4.26. The molecule has 1 aromatic heterocycles. The van der Waals surface area contributed by atoms with Crippen LogP contribution < -0.4 is 0 Å². The van der Waals surface area contributed by atoms with Crippen LogP contribution in [0.3, 0.4) is 0 Å². The van der Waals surface area contributed by atoms with Gasteiger partial charge < -0.3 is 10.0 Å². The normalized spacial score (nSPS) is 26.4. The van der Waals surface area contributed by atoms with Crippen molar-refractivity contribution in [2.45, 2.75) is 19.4 Å². The molecule has 1 aliphatic heterocycles. The number of rotatable bonds is 4. The van der Waals surface area contributed by atoms with Crippen molar-refractivity contribution in [1.29, 1.82) is 0 Å². The van der Waals surface area contributed by atoms with Crippen molar-refractivity contribution in [2.24, 2.45) is 11.8 Å². The molecule has 5 nitrogen and oxygen atoms in total. The van der Waals surface area contributed by atoms with Crippen LogP contribution in [0.5, 0.6) is 0 Å². The van der Waals surface area contributed by atoms with Crippen LogP contribution in [-0.2, 0) is 16.1 Å². The van der Waals surface area contributed by atoms with Crippen LogP contribution in [-0.4, -0.2) is 53.0 Å². The number of carbonyl (C=O) groups is 2. The predicted molar refractivity (Wildman–Crippen MR) is 80.0 cm³/mol. The zero-order valence-corrected chi connectivity index (χ0v) is 12.7. The molecule has 2 atom stereocenters. The lowest BCUT2D eigenvalue weighted by atomic mass is 10.2. The summed E-state index contributed by atoms with van der Waals surface area (Å²) < 4.78 is 0. The van der Waals surface area contributed by atoms with Gasteiger partial charge in [-0.1, -0.05) is 6.07 Å². The Labute approximate surface area is 128 Å². The van der Waals surface area contributed by atoms with Crippen LogP contribution in [0.25, 0.3) is 0 Å². The number of carbonyl (C=O) groups excluding carboxylic acids is 1. The van der Waals surface area contributed by atoms with Gasteiger partial charge in [0.05, 0.1) is 11.8 Å². The van der Waals surface area contributed by atoms with Crippen molar-refractivity contribution < 1.29 is 14.7 Å². The van der Waals surface area contributed by atoms with E-state index in [9.17, 15) is 9.59 Å². The van der Waals surface area contributed by atoms with Crippen molar-refractivity contribution in [3.05, 3.63) is 22.4 Å². The Hall–Kier alpha value is -1.40. The fourth-order valence-corrected chi connectivity index (χ4v) is 3.69. The maximum Gasteiger partial charge on any atom is 0.307 e. The van der Waals surface area contributed by atoms with E-state index in [1.54, 1.807) is 11.3 Å². The van der Waals surface area contributed by atoms with Gasteiger partial charge in [0, 0.05) is 37.6 Å².